The van der Waals surface area contributed by atoms with Crippen LogP contribution >= 0.6 is 0 Å². The van der Waals surface area contributed by atoms with Crippen LogP contribution in [0.3, 0.4) is 0 Å². The maximum Gasteiger partial charge on any atom is 0.215 e. The summed E-state index contributed by atoms with van der Waals surface area (Å²) in [5.41, 5.74) is 10.2. The van der Waals surface area contributed by atoms with Gasteiger partial charge in [0.25, 0.3) is 0 Å². The number of aryl methyl sites for hydroxylation is 2. The second-order valence-corrected chi connectivity index (χ2v) is 5.31. The quantitative estimate of drug-likeness (QED) is 0.818. The zero-order valence-corrected chi connectivity index (χ0v) is 10.4. The van der Waals surface area contributed by atoms with Crippen molar-refractivity contribution in [2.75, 3.05) is 0 Å². The lowest BCUT2D eigenvalue weighted by molar-refractivity contribution is 0.346. The van der Waals surface area contributed by atoms with E-state index in [-0.39, 0.29) is 5.54 Å². The highest BCUT2D eigenvalue weighted by molar-refractivity contribution is 5.77. The Morgan fingerprint density at radius 1 is 1.24 bits per heavy atom. The fourth-order valence-electron chi connectivity index (χ4n) is 2.81. The first kappa shape index (κ1) is 10.8. The molecule has 90 valence electrons. The first-order valence-electron chi connectivity index (χ1n) is 6.26. The van der Waals surface area contributed by atoms with Crippen LogP contribution in [-0.2, 0) is 5.54 Å². The third kappa shape index (κ3) is 1.65. The topological polar surface area (TPSA) is 52.0 Å². The van der Waals surface area contributed by atoms with Crippen LogP contribution in [-0.4, -0.2) is 4.98 Å². The van der Waals surface area contributed by atoms with Gasteiger partial charge in [0, 0.05) is 0 Å². The lowest BCUT2D eigenvalue weighted by atomic mass is 10.00. The predicted octanol–water partition coefficient (Wildman–Crippen LogP) is 3.17. The van der Waals surface area contributed by atoms with Gasteiger partial charge in [-0.25, -0.2) is 4.98 Å². The van der Waals surface area contributed by atoms with Crippen LogP contribution in [0.1, 0.15) is 42.7 Å². The van der Waals surface area contributed by atoms with Gasteiger partial charge in [0.1, 0.15) is 5.52 Å². The summed E-state index contributed by atoms with van der Waals surface area (Å²) in [4.78, 5) is 4.60. The Bertz CT molecular complexity index is 565. The molecule has 0 amide bonds. The van der Waals surface area contributed by atoms with Gasteiger partial charge in [-0.15, -0.1) is 0 Å². The number of nitrogens with two attached hydrogens (primary N) is 1. The van der Waals surface area contributed by atoms with Gasteiger partial charge in [0.05, 0.1) is 5.54 Å². The minimum absolute atomic E-state index is 0.334. The maximum absolute atomic E-state index is 6.38. The molecule has 2 aromatic rings. The summed E-state index contributed by atoms with van der Waals surface area (Å²) >= 11 is 0. The third-order valence-electron chi connectivity index (χ3n) is 3.74. The summed E-state index contributed by atoms with van der Waals surface area (Å²) in [6.45, 7) is 4.14. The molecule has 1 aliphatic carbocycles. The van der Waals surface area contributed by atoms with E-state index in [9.17, 15) is 0 Å². The van der Waals surface area contributed by atoms with Crippen LogP contribution in [0.25, 0.3) is 11.1 Å². The zero-order chi connectivity index (χ0) is 12.0. The summed E-state index contributed by atoms with van der Waals surface area (Å²) in [6.07, 6.45) is 4.32. The molecular formula is C14H18N2O. The van der Waals surface area contributed by atoms with E-state index in [4.69, 9.17) is 10.2 Å². The molecule has 1 saturated carbocycles. The fourth-order valence-corrected chi connectivity index (χ4v) is 2.81. The molecule has 0 saturated heterocycles. The van der Waals surface area contributed by atoms with Crippen LogP contribution in [0.15, 0.2) is 16.5 Å². The number of benzene rings is 1. The van der Waals surface area contributed by atoms with Gasteiger partial charge in [-0.3, -0.25) is 0 Å². The molecule has 0 aliphatic heterocycles. The first-order valence-corrected chi connectivity index (χ1v) is 6.26. The molecule has 1 aliphatic rings. The van der Waals surface area contributed by atoms with Gasteiger partial charge in [0.15, 0.2) is 5.58 Å². The van der Waals surface area contributed by atoms with E-state index in [1.807, 2.05) is 0 Å². The molecule has 3 heteroatoms. The van der Waals surface area contributed by atoms with E-state index >= 15 is 0 Å². The molecule has 0 radical (unpaired) electrons. The smallest absolute Gasteiger partial charge is 0.215 e. The van der Waals surface area contributed by atoms with Crippen molar-refractivity contribution in [1.29, 1.82) is 0 Å². The molecule has 3 nitrogen and oxygen atoms in total. The molecule has 3 rings (SSSR count). The zero-order valence-electron chi connectivity index (χ0n) is 10.4. The molecule has 1 aromatic carbocycles. The van der Waals surface area contributed by atoms with Crippen LogP contribution in [0.2, 0.25) is 0 Å². The highest BCUT2D eigenvalue weighted by Crippen LogP contribution is 2.37. The van der Waals surface area contributed by atoms with Crippen molar-refractivity contribution in [2.24, 2.45) is 5.73 Å². The lowest BCUT2D eigenvalue weighted by Crippen LogP contribution is -2.33. The molecule has 1 heterocycles. The van der Waals surface area contributed by atoms with Crippen LogP contribution in [0.5, 0.6) is 0 Å². The van der Waals surface area contributed by atoms with E-state index in [1.54, 1.807) is 0 Å². The molecule has 17 heavy (non-hydrogen) atoms. The first-order chi connectivity index (χ1) is 8.08. The Kier molecular flexibility index (Phi) is 2.26. The maximum atomic E-state index is 6.38. The van der Waals surface area contributed by atoms with Crippen LogP contribution < -0.4 is 5.73 Å². The van der Waals surface area contributed by atoms with Gasteiger partial charge in [-0.1, -0.05) is 18.9 Å². The summed E-state index contributed by atoms with van der Waals surface area (Å²) in [5.74, 6) is 0.721. The van der Waals surface area contributed by atoms with Crippen molar-refractivity contribution in [3.63, 3.8) is 0 Å². The van der Waals surface area contributed by atoms with Crippen molar-refractivity contribution in [2.45, 2.75) is 45.1 Å². The molecule has 1 aromatic heterocycles. The minimum atomic E-state index is -0.334. The van der Waals surface area contributed by atoms with E-state index < -0.39 is 0 Å². The standard InChI is InChI=1S/C14H18N2O/c1-9-7-10(2)12-11(8-9)16-13(17-12)14(15)5-3-4-6-14/h7-8H,3-6,15H2,1-2H3. The Balaban J connectivity index is 2.16. The second kappa shape index (κ2) is 3.57. The minimum Gasteiger partial charge on any atom is -0.438 e. The van der Waals surface area contributed by atoms with Crippen molar-refractivity contribution in [3.05, 3.63) is 29.2 Å². The largest absolute Gasteiger partial charge is 0.438 e. The number of fused-ring (bicyclic) bond motifs is 1. The summed E-state index contributed by atoms with van der Waals surface area (Å²) in [7, 11) is 0. The summed E-state index contributed by atoms with van der Waals surface area (Å²) in [5, 5.41) is 0. The highest BCUT2D eigenvalue weighted by Gasteiger charge is 2.36. The average Bonchev–Trinajstić information content (AvgIpc) is 2.84. The number of oxazole rings is 1. The van der Waals surface area contributed by atoms with Crippen molar-refractivity contribution in [1.82, 2.24) is 4.98 Å². The number of hydrogen-bond donors (Lipinski definition) is 1. The Morgan fingerprint density at radius 2 is 1.94 bits per heavy atom. The van der Waals surface area contributed by atoms with Gasteiger partial charge in [-0.05, 0) is 43.9 Å². The predicted molar refractivity (Wildman–Crippen MR) is 67.8 cm³/mol. The SMILES string of the molecule is Cc1cc(C)c2oc(C3(N)CCCC3)nc2c1. The lowest BCUT2D eigenvalue weighted by Gasteiger charge is -2.18. The van der Waals surface area contributed by atoms with Crippen LogP contribution in [0.4, 0.5) is 0 Å². The van der Waals surface area contributed by atoms with Crippen molar-refractivity contribution in [3.8, 4) is 0 Å². The van der Waals surface area contributed by atoms with E-state index in [1.165, 1.54) is 18.4 Å². The van der Waals surface area contributed by atoms with Crippen molar-refractivity contribution >= 4 is 11.1 Å². The van der Waals surface area contributed by atoms with Gasteiger partial charge in [-0.2, -0.15) is 0 Å². The second-order valence-electron chi connectivity index (χ2n) is 5.31. The summed E-state index contributed by atoms with van der Waals surface area (Å²) < 4.78 is 5.90. The van der Waals surface area contributed by atoms with Gasteiger partial charge >= 0.3 is 0 Å². The van der Waals surface area contributed by atoms with E-state index in [0.717, 1.165) is 35.4 Å². The monoisotopic (exact) mass is 230 g/mol. The fraction of sp³-hybridized carbons (Fsp3) is 0.500. The Hall–Kier alpha value is -1.35. The van der Waals surface area contributed by atoms with Gasteiger partial charge in [0.2, 0.25) is 5.89 Å². The Morgan fingerprint density at radius 3 is 2.65 bits per heavy atom. The Labute approximate surface area is 101 Å². The normalized spacial score (nSPS) is 19.0. The summed E-state index contributed by atoms with van der Waals surface area (Å²) in [6, 6.07) is 4.18. The van der Waals surface area contributed by atoms with E-state index in [2.05, 4.69) is 31.0 Å². The molecule has 1 fully saturated rings. The number of aromatic nitrogens is 1. The van der Waals surface area contributed by atoms with Crippen molar-refractivity contribution < 1.29 is 4.42 Å². The molecule has 0 atom stereocenters. The van der Waals surface area contributed by atoms with Gasteiger partial charge < -0.3 is 10.2 Å². The molecule has 2 N–H and O–H groups in total. The highest BCUT2D eigenvalue weighted by atomic mass is 16.4. The number of nitrogens with zero attached hydrogens (tertiary/aromatic N) is 1. The number of rotatable bonds is 1. The molecular weight excluding hydrogens is 212 g/mol. The van der Waals surface area contributed by atoms with E-state index in [0.29, 0.717) is 0 Å². The molecule has 0 bridgehead atoms. The number of hydrogen-bond acceptors (Lipinski definition) is 3. The van der Waals surface area contributed by atoms with Crippen LogP contribution in [0, 0.1) is 13.8 Å². The average molecular weight is 230 g/mol. The molecule has 0 spiro atoms. The third-order valence-corrected chi connectivity index (χ3v) is 3.74. The molecule has 0 unspecified atom stereocenters.